The summed E-state index contributed by atoms with van der Waals surface area (Å²) in [6.07, 6.45) is 3.17. The van der Waals surface area contributed by atoms with Gasteiger partial charge < -0.3 is 10.0 Å². The van der Waals surface area contributed by atoms with Crippen LogP contribution >= 0.6 is 11.3 Å². The molecule has 0 aliphatic carbocycles. The molecule has 0 saturated heterocycles. The Kier molecular flexibility index (Phi) is 5.55. The number of hydrogen-bond donors (Lipinski definition) is 1. The van der Waals surface area contributed by atoms with Gasteiger partial charge in [-0.05, 0) is 51.3 Å². The van der Waals surface area contributed by atoms with Crippen molar-refractivity contribution in [2.24, 2.45) is 0 Å². The van der Waals surface area contributed by atoms with Gasteiger partial charge in [0.2, 0.25) is 0 Å². The van der Waals surface area contributed by atoms with Crippen molar-refractivity contribution < 1.29 is 9.90 Å². The highest BCUT2D eigenvalue weighted by atomic mass is 32.1. The van der Waals surface area contributed by atoms with Crippen LogP contribution in [0.5, 0.6) is 0 Å². The third-order valence-corrected chi connectivity index (χ3v) is 4.86. The van der Waals surface area contributed by atoms with Gasteiger partial charge >= 0.3 is 0 Å². The summed E-state index contributed by atoms with van der Waals surface area (Å²) < 4.78 is 0. The Hall–Kier alpha value is -1.72. The van der Waals surface area contributed by atoms with Gasteiger partial charge in [-0.1, -0.05) is 12.1 Å². The molecule has 1 amide bonds. The molecule has 2 aromatic rings. The first-order valence-corrected chi connectivity index (χ1v) is 8.64. The maximum absolute atomic E-state index is 12.7. The summed E-state index contributed by atoms with van der Waals surface area (Å²) in [5.74, 6) is -0.0159. The summed E-state index contributed by atoms with van der Waals surface area (Å²) >= 11 is 1.55. The first-order chi connectivity index (χ1) is 10.8. The maximum atomic E-state index is 12.7. The van der Waals surface area contributed by atoms with E-state index < -0.39 is 5.60 Å². The molecule has 0 bridgehead atoms. The van der Waals surface area contributed by atoms with Crippen LogP contribution in [0, 0.1) is 0 Å². The normalized spacial score (nSPS) is 12.9. The van der Waals surface area contributed by atoms with Gasteiger partial charge in [0.05, 0.1) is 11.6 Å². The van der Waals surface area contributed by atoms with Gasteiger partial charge in [-0.2, -0.15) is 0 Å². The molecule has 5 heteroatoms. The number of hydrogen-bond acceptors (Lipinski definition) is 4. The Morgan fingerprint density at radius 1 is 1.43 bits per heavy atom. The zero-order valence-electron chi connectivity index (χ0n) is 14.1. The largest absolute Gasteiger partial charge is 0.390 e. The molecule has 2 rings (SSSR count). The lowest BCUT2D eigenvalue weighted by atomic mass is 9.97. The average molecular weight is 332 g/mol. The van der Waals surface area contributed by atoms with Crippen LogP contribution in [0.4, 0.5) is 0 Å². The average Bonchev–Trinajstić information content (AvgIpc) is 3.05. The minimum atomic E-state index is -0.698. The van der Waals surface area contributed by atoms with E-state index in [-0.39, 0.29) is 11.9 Å². The van der Waals surface area contributed by atoms with Gasteiger partial charge in [-0.3, -0.25) is 4.79 Å². The van der Waals surface area contributed by atoms with Crippen LogP contribution in [0.1, 0.15) is 54.2 Å². The molecule has 1 atom stereocenters. The molecule has 4 nitrogen and oxygen atoms in total. The quantitative estimate of drug-likeness (QED) is 0.878. The number of aryl methyl sites for hydroxylation is 1. The lowest BCUT2D eigenvalue weighted by Gasteiger charge is -2.23. The first-order valence-electron chi connectivity index (χ1n) is 7.76. The summed E-state index contributed by atoms with van der Waals surface area (Å²) in [7, 11) is 1.80. The van der Waals surface area contributed by atoms with Crippen molar-refractivity contribution in [3.63, 3.8) is 0 Å². The fourth-order valence-electron chi connectivity index (χ4n) is 2.30. The second kappa shape index (κ2) is 7.23. The van der Waals surface area contributed by atoms with Crippen molar-refractivity contribution in [2.75, 3.05) is 7.05 Å². The fourth-order valence-corrected chi connectivity index (χ4v) is 3.03. The minimum Gasteiger partial charge on any atom is -0.390 e. The van der Waals surface area contributed by atoms with Crippen molar-refractivity contribution in [1.82, 2.24) is 9.88 Å². The monoisotopic (exact) mass is 332 g/mol. The molecule has 23 heavy (non-hydrogen) atoms. The van der Waals surface area contributed by atoms with Gasteiger partial charge in [-0.15, -0.1) is 11.3 Å². The van der Waals surface area contributed by atoms with Crippen LogP contribution in [0.15, 0.2) is 35.8 Å². The van der Waals surface area contributed by atoms with E-state index in [9.17, 15) is 9.90 Å². The number of aliphatic hydroxyl groups is 1. The number of carbonyl (C=O) groups is 1. The molecule has 1 N–H and O–H groups in total. The molecule has 0 unspecified atom stereocenters. The zero-order chi connectivity index (χ0) is 17.0. The van der Waals surface area contributed by atoms with Gasteiger partial charge in [0.15, 0.2) is 0 Å². The van der Waals surface area contributed by atoms with Crippen LogP contribution in [-0.4, -0.2) is 33.5 Å². The topological polar surface area (TPSA) is 53.4 Å². The standard InChI is InChI=1S/C18H24N2O2S/c1-13(16-19-10-11-23-16)20(4)17(21)15-7-5-6-14(12-15)8-9-18(2,3)22/h5-7,10-13,22H,8-9H2,1-4H3/t13-/m0/s1. The van der Waals surface area contributed by atoms with Crippen molar-refractivity contribution in [2.45, 2.75) is 45.3 Å². The Morgan fingerprint density at radius 2 is 2.17 bits per heavy atom. The molecule has 0 radical (unpaired) electrons. The summed E-state index contributed by atoms with van der Waals surface area (Å²) in [6.45, 7) is 5.58. The molecule has 1 aromatic heterocycles. The van der Waals surface area contributed by atoms with E-state index in [0.717, 1.165) is 17.0 Å². The summed E-state index contributed by atoms with van der Waals surface area (Å²) in [6, 6.07) is 7.59. The number of benzene rings is 1. The number of nitrogens with zero attached hydrogens (tertiary/aromatic N) is 2. The maximum Gasteiger partial charge on any atom is 0.254 e. The van der Waals surface area contributed by atoms with Crippen molar-refractivity contribution >= 4 is 17.2 Å². The number of carbonyl (C=O) groups excluding carboxylic acids is 1. The molecular formula is C18H24N2O2S. The van der Waals surface area contributed by atoms with Gasteiger partial charge in [0.1, 0.15) is 5.01 Å². The second-order valence-electron chi connectivity index (χ2n) is 6.48. The third kappa shape index (κ3) is 4.88. The van der Waals surface area contributed by atoms with E-state index in [1.807, 2.05) is 36.6 Å². The number of amides is 1. The van der Waals surface area contributed by atoms with Gasteiger partial charge in [-0.25, -0.2) is 4.98 Å². The third-order valence-electron chi connectivity index (χ3n) is 3.91. The van der Waals surface area contributed by atoms with E-state index in [0.29, 0.717) is 12.0 Å². The predicted molar refractivity (Wildman–Crippen MR) is 93.7 cm³/mol. The molecule has 1 aromatic carbocycles. The molecule has 0 saturated carbocycles. The first kappa shape index (κ1) is 17.6. The summed E-state index contributed by atoms with van der Waals surface area (Å²) in [5, 5.41) is 12.7. The lowest BCUT2D eigenvalue weighted by molar-refractivity contribution is 0.0714. The van der Waals surface area contributed by atoms with E-state index >= 15 is 0 Å². The minimum absolute atomic E-state index is 0.0159. The smallest absolute Gasteiger partial charge is 0.254 e. The fraction of sp³-hybridized carbons (Fsp3) is 0.444. The molecule has 0 spiro atoms. The van der Waals surface area contributed by atoms with E-state index in [4.69, 9.17) is 0 Å². The van der Waals surface area contributed by atoms with Crippen LogP contribution in [0.25, 0.3) is 0 Å². The number of aromatic nitrogens is 1. The molecule has 0 aliphatic rings. The second-order valence-corrected chi connectivity index (χ2v) is 7.40. The highest BCUT2D eigenvalue weighted by Gasteiger charge is 2.21. The molecule has 1 heterocycles. The van der Waals surface area contributed by atoms with Gasteiger partial charge in [0.25, 0.3) is 5.91 Å². The Labute approximate surface area is 141 Å². The summed E-state index contributed by atoms with van der Waals surface area (Å²) in [5.41, 5.74) is 1.04. The van der Waals surface area contributed by atoms with E-state index in [2.05, 4.69) is 4.98 Å². The predicted octanol–water partition coefficient (Wildman–Crippen LogP) is 3.68. The Bertz CT molecular complexity index is 647. The van der Waals surface area contributed by atoms with Crippen molar-refractivity contribution in [3.8, 4) is 0 Å². The number of thiazole rings is 1. The molecule has 0 fully saturated rings. The van der Waals surface area contributed by atoms with Crippen molar-refractivity contribution in [1.29, 1.82) is 0 Å². The van der Waals surface area contributed by atoms with Crippen LogP contribution in [-0.2, 0) is 6.42 Å². The number of rotatable bonds is 6. The lowest BCUT2D eigenvalue weighted by Crippen LogP contribution is -2.29. The van der Waals surface area contributed by atoms with E-state index in [1.165, 1.54) is 0 Å². The van der Waals surface area contributed by atoms with Crippen LogP contribution in [0.2, 0.25) is 0 Å². The molecule has 124 valence electrons. The SMILES string of the molecule is C[C@@H](c1nccs1)N(C)C(=O)c1cccc(CCC(C)(C)O)c1. The molecule has 0 aliphatic heterocycles. The van der Waals surface area contributed by atoms with Crippen molar-refractivity contribution in [3.05, 3.63) is 52.0 Å². The van der Waals surface area contributed by atoms with E-state index in [1.54, 1.807) is 43.3 Å². The highest BCUT2D eigenvalue weighted by molar-refractivity contribution is 7.09. The van der Waals surface area contributed by atoms with Crippen LogP contribution < -0.4 is 0 Å². The molecular weight excluding hydrogens is 308 g/mol. The Balaban J connectivity index is 2.10. The highest BCUT2D eigenvalue weighted by Crippen LogP contribution is 2.23. The Morgan fingerprint density at radius 3 is 2.78 bits per heavy atom. The van der Waals surface area contributed by atoms with Crippen LogP contribution in [0.3, 0.4) is 0 Å². The van der Waals surface area contributed by atoms with Gasteiger partial charge in [0, 0.05) is 24.2 Å². The summed E-state index contributed by atoms with van der Waals surface area (Å²) in [4.78, 5) is 18.7. The zero-order valence-corrected chi connectivity index (χ0v) is 14.9.